The Balaban J connectivity index is 2.68. The number of methoxy groups -OCH3 is 2. The lowest BCUT2D eigenvalue weighted by atomic mass is 9.87. The number of aryl methyl sites for hydroxylation is 1. The van der Waals surface area contributed by atoms with Gasteiger partial charge in [-0.25, -0.2) is 0 Å². The van der Waals surface area contributed by atoms with Crippen LogP contribution in [-0.2, 0) is 11.2 Å². The van der Waals surface area contributed by atoms with E-state index in [0.717, 1.165) is 29.9 Å². The van der Waals surface area contributed by atoms with Gasteiger partial charge in [-0.05, 0) is 55.9 Å². The van der Waals surface area contributed by atoms with Crippen LogP contribution in [0.3, 0.4) is 0 Å². The lowest BCUT2D eigenvalue weighted by Crippen LogP contribution is -2.46. The maximum atomic E-state index is 11.1. The second-order valence-electron chi connectivity index (χ2n) is 5.75. The number of carboxylic acid groups (broad SMARTS) is 1. The average Bonchev–Trinajstić information content (AvgIpc) is 2.44. The van der Waals surface area contributed by atoms with E-state index in [1.807, 2.05) is 25.1 Å². The van der Waals surface area contributed by atoms with Crippen LogP contribution < -0.4 is 15.2 Å². The van der Waals surface area contributed by atoms with Crippen LogP contribution in [0, 0.1) is 5.92 Å². The first kappa shape index (κ1) is 17.3. The van der Waals surface area contributed by atoms with Gasteiger partial charge in [0.2, 0.25) is 0 Å². The second kappa shape index (κ2) is 7.31. The third kappa shape index (κ3) is 4.93. The van der Waals surface area contributed by atoms with Crippen molar-refractivity contribution in [3.8, 4) is 11.5 Å². The Labute approximate surface area is 126 Å². The molecular formula is C16H25NO4. The SMILES string of the molecule is COc1ccc(OC)c(CCC(C)CC(C)(N)C(=O)O)c1. The van der Waals surface area contributed by atoms with Gasteiger partial charge in [0.15, 0.2) is 0 Å². The first-order valence-corrected chi connectivity index (χ1v) is 7.03. The molecule has 2 atom stereocenters. The third-order valence-corrected chi connectivity index (χ3v) is 3.66. The molecule has 0 bridgehead atoms. The van der Waals surface area contributed by atoms with Crippen LogP contribution in [-0.4, -0.2) is 30.8 Å². The Kier molecular flexibility index (Phi) is 6.03. The lowest BCUT2D eigenvalue weighted by molar-refractivity contribution is -0.143. The predicted molar refractivity (Wildman–Crippen MR) is 81.9 cm³/mol. The molecule has 118 valence electrons. The van der Waals surface area contributed by atoms with E-state index in [-0.39, 0.29) is 5.92 Å². The summed E-state index contributed by atoms with van der Waals surface area (Å²) < 4.78 is 10.6. The number of aliphatic carboxylic acids is 1. The minimum atomic E-state index is -1.18. The monoisotopic (exact) mass is 295 g/mol. The highest BCUT2D eigenvalue weighted by molar-refractivity contribution is 5.77. The van der Waals surface area contributed by atoms with E-state index in [1.165, 1.54) is 0 Å². The number of benzene rings is 1. The van der Waals surface area contributed by atoms with Gasteiger partial charge in [0, 0.05) is 0 Å². The van der Waals surface area contributed by atoms with Gasteiger partial charge >= 0.3 is 5.97 Å². The van der Waals surface area contributed by atoms with Crippen LogP contribution in [0.25, 0.3) is 0 Å². The average molecular weight is 295 g/mol. The molecule has 0 aliphatic carbocycles. The predicted octanol–water partition coefficient (Wildman–Crippen LogP) is 2.46. The fraction of sp³-hybridized carbons (Fsp3) is 0.562. The van der Waals surface area contributed by atoms with Gasteiger partial charge in [-0.15, -0.1) is 0 Å². The van der Waals surface area contributed by atoms with Crippen molar-refractivity contribution in [1.29, 1.82) is 0 Å². The number of nitrogens with two attached hydrogens (primary N) is 1. The molecule has 1 aromatic carbocycles. The minimum absolute atomic E-state index is 0.201. The molecule has 0 radical (unpaired) electrons. The molecule has 0 fully saturated rings. The van der Waals surface area contributed by atoms with E-state index in [2.05, 4.69) is 0 Å². The summed E-state index contributed by atoms with van der Waals surface area (Å²) in [5.41, 5.74) is 5.66. The molecule has 1 aromatic rings. The van der Waals surface area contributed by atoms with Crippen molar-refractivity contribution in [2.45, 2.75) is 38.6 Å². The minimum Gasteiger partial charge on any atom is -0.497 e. The van der Waals surface area contributed by atoms with E-state index in [4.69, 9.17) is 20.3 Å². The molecule has 0 heterocycles. The highest BCUT2D eigenvalue weighted by atomic mass is 16.5. The number of ether oxygens (including phenoxy) is 2. The molecule has 0 aliphatic heterocycles. The van der Waals surface area contributed by atoms with Crippen molar-refractivity contribution < 1.29 is 19.4 Å². The number of carbonyl (C=O) groups is 1. The third-order valence-electron chi connectivity index (χ3n) is 3.66. The van der Waals surface area contributed by atoms with Gasteiger partial charge < -0.3 is 20.3 Å². The van der Waals surface area contributed by atoms with Gasteiger partial charge in [-0.1, -0.05) is 6.92 Å². The molecular weight excluding hydrogens is 270 g/mol. The maximum absolute atomic E-state index is 11.1. The zero-order chi connectivity index (χ0) is 16.0. The molecule has 3 N–H and O–H groups in total. The van der Waals surface area contributed by atoms with E-state index in [0.29, 0.717) is 6.42 Å². The van der Waals surface area contributed by atoms with Crippen molar-refractivity contribution in [1.82, 2.24) is 0 Å². The van der Waals surface area contributed by atoms with Crippen molar-refractivity contribution in [2.24, 2.45) is 11.7 Å². The Bertz CT molecular complexity index is 485. The molecule has 0 spiro atoms. The summed E-state index contributed by atoms with van der Waals surface area (Å²) in [5, 5.41) is 9.06. The molecule has 0 aliphatic rings. The molecule has 0 saturated heterocycles. The summed E-state index contributed by atoms with van der Waals surface area (Å²) in [7, 11) is 3.26. The van der Waals surface area contributed by atoms with Gasteiger partial charge in [0.05, 0.1) is 14.2 Å². The Morgan fingerprint density at radius 2 is 2.05 bits per heavy atom. The normalized spacial score (nSPS) is 15.1. The van der Waals surface area contributed by atoms with E-state index in [1.54, 1.807) is 21.1 Å². The topological polar surface area (TPSA) is 81.8 Å². The van der Waals surface area contributed by atoms with Crippen LogP contribution in [0.15, 0.2) is 18.2 Å². The van der Waals surface area contributed by atoms with Crippen LogP contribution >= 0.6 is 0 Å². The van der Waals surface area contributed by atoms with Gasteiger partial charge in [-0.2, -0.15) is 0 Å². The first-order chi connectivity index (χ1) is 9.80. The van der Waals surface area contributed by atoms with E-state index >= 15 is 0 Å². The standard InChI is InChI=1S/C16H25NO4/c1-11(10-16(2,17)15(18)19)5-6-12-9-13(20-3)7-8-14(12)21-4/h7-9,11H,5-6,10,17H2,1-4H3,(H,18,19). The van der Waals surface area contributed by atoms with Crippen molar-refractivity contribution in [3.63, 3.8) is 0 Å². The quantitative estimate of drug-likeness (QED) is 0.770. The molecule has 5 nitrogen and oxygen atoms in total. The first-order valence-electron chi connectivity index (χ1n) is 7.03. The van der Waals surface area contributed by atoms with Crippen molar-refractivity contribution >= 4 is 5.97 Å². The van der Waals surface area contributed by atoms with Gasteiger partial charge in [0.25, 0.3) is 0 Å². The van der Waals surface area contributed by atoms with Gasteiger partial charge in [0.1, 0.15) is 17.0 Å². The summed E-state index contributed by atoms with van der Waals surface area (Å²) in [6, 6.07) is 5.68. The van der Waals surface area contributed by atoms with Crippen LogP contribution in [0.5, 0.6) is 11.5 Å². The van der Waals surface area contributed by atoms with Crippen LogP contribution in [0.2, 0.25) is 0 Å². The molecule has 1 rings (SSSR count). The van der Waals surface area contributed by atoms with E-state index < -0.39 is 11.5 Å². The molecule has 0 saturated carbocycles. The maximum Gasteiger partial charge on any atom is 0.323 e. The van der Waals surface area contributed by atoms with Crippen molar-refractivity contribution in [2.75, 3.05) is 14.2 Å². The largest absolute Gasteiger partial charge is 0.497 e. The molecule has 0 aromatic heterocycles. The van der Waals surface area contributed by atoms with E-state index in [9.17, 15) is 4.79 Å². The summed E-state index contributed by atoms with van der Waals surface area (Å²) in [6.45, 7) is 3.57. The number of hydrogen-bond donors (Lipinski definition) is 2. The van der Waals surface area contributed by atoms with Crippen LogP contribution in [0.1, 0.15) is 32.3 Å². The Morgan fingerprint density at radius 1 is 1.38 bits per heavy atom. The fourth-order valence-corrected chi connectivity index (χ4v) is 2.39. The summed E-state index contributed by atoms with van der Waals surface area (Å²) in [4.78, 5) is 11.1. The lowest BCUT2D eigenvalue weighted by Gasteiger charge is -2.23. The zero-order valence-corrected chi connectivity index (χ0v) is 13.2. The van der Waals surface area contributed by atoms with Crippen molar-refractivity contribution in [3.05, 3.63) is 23.8 Å². The Morgan fingerprint density at radius 3 is 2.57 bits per heavy atom. The molecule has 21 heavy (non-hydrogen) atoms. The second-order valence-corrected chi connectivity index (χ2v) is 5.75. The van der Waals surface area contributed by atoms with Gasteiger partial charge in [-0.3, -0.25) is 4.79 Å². The zero-order valence-electron chi connectivity index (χ0n) is 13.2. The molecule has 5 heteroatoms. The summed E-state index contributed by atoms with van der Waals surface area (Å²) in [5.74, 6) is 0.838. The summed E-state index contributed by atoms with van der Waals surface area (Å²) >= 11 is 0. The fourth-order valence-electron chi connectivity index (χ4n) is 2.39. The Hall–Kier alpha value is -1.75. The summed E-state index contributed by atoms with van der Waals surface area (Å²) in [6.07, 6.45) is 2.06. The molecule has 0 amide bonds. The number of rotatable bonds is 8. The number of hydrogen-bond acceptors (Lipinski definition) is 4. The number of carboxylic acids is 1. The highest BCUT2D eigenvalue weighted by Gasteiger charge is 2.29. The van der Waals surface area contributed by atoms with Crippen LogP contribution in [0.4, 0.5) is 0 Å². The highest BCUT2D eigenvalue weighted by Crippen LogP contribution is 2.27. The smallest absolute Gasteiger partial charge is 0.323 e. The molecule has 2 unspecified atom stereocenters.